The molecule has 80 valence electrons. The maximum absolute atomic E-state index is 12.6. The van der Waals surface area contributed by atoms with Crippen molar-refractivity contribution in [2.45, 2.75) is 12.7 Å². The van der Waals surface area contributed by atoms with E-state index in [0.717, 1.165) is 11.6 Å². The quantitative estimate of drug-likeness (QED) is 0.640. The minimum atomic E-state index is -4.27. The van der Waals surface area contributed by atoms with Gasteiger partial charge in [0.05, 0.1) is 5.56 Å². The van der Waals surface area contributed by atoms with Crippen LogP contribution in [0, 0.1) is 0 Å². The number of hydrogen-bond acceptors (Lipinski definition) is 1. The third kappa shape index (κ3) is 1.84. The topological polar surface area (TPSA) is 3.24 Å². The lowest BCUT2D eigenvalue weighted by Gasteiger charge is -2.23. The number of fused-ring (bicyclic) bond motifs is 1. The number of rotatable bonds is 0. The van der Waals surface area contributed by atoms with Crippen LogP contribution in [0.3, 0.4) is 0 Å². The molecule has 0 fully saturated rings. The summed E-state index contributed by atoms with van der Waals surface area (Å²) in [5.41, 5.74) is 0.460. The van der Waals surface area contributed by atoms with E-state index in [1.807, 2.05) is 11.9 Å². The van der Waals surface area contributed by atoms with E-state index in [0.29, 0.717) is 12.1 Å². The fourth-order valence-electron chi connectivity index (χ4n) is 1.72. The molecule has 0 radical (unpaired) electrons. The van der Waals surface area contributed by atoms with Gasteiger partial charge in [-0.2, -0.15) is 13.2 Å². The number of nitrogens with zero attached hydrogens (tertiary/aromatic N) is 1. The highest BCUT2D eigenvalue weighted by molar-refractivity contribution is 5.60. The van der Waals surface area contributed by atoms with Crippen molar-refractivity contribution < 1.29 is 13.2 Å². The maximum atomic E-state index is 12.6. The van der Waals surface area contributed by atoms with Crippen molar-refractivity contribution in [3.63, 3.8) is 0 Å². The molecule has 1 aliphatic heterocycles. The molecule has 0 saturated carbocycles. The van der Waals surface area contributed by atoms with Crippen molar-refractivity contribution in [1.29, 1.82) is 0 Å². The first kappa shape index (κ1) is 10.1. The largest absolute Gasteiger partial charge is 0.416 e. The lowest BCUT2D eigenvalue weighted by atomic mass is 9.98. The third-order valence-corrected chi connectivity index (χ3v) is 2.42. The summed E-state index contributed by atoms with van der Waals surface area (Å²) in [6, 6.07) is 4.30. The Balaban J connectivity index is 2.55. The first-order chi connectivity index (χ1) is 6.98. The molecule has 1 aliphatic rings. The minimum Gasteiger partial charge on any atom is -0.376 e. The first-order valence-corrected chi connectivity index (χ1v) is 4.56. The van der Waals surface area contributed by atoms with Crippen molar-refractivity contribution in [3.8, 4) is 0 Å². The minimum absolute atomic E-state index is 0.295. The van der Waals surface area contributed by atoms with E-state index in [1.54, 1.807) is 12.3 Å². The van der Waals surface area contributed by atoms with Crippen molar-refractivity contribution >= 4 is 6.08 Å². The molecule has 0 atom stereocenters. The van der Waals surface area contributed by atoms with Crippen molar-refractivity contribution in [3.05, 3.63) is 41.1 Å². The van der Waals surface area contributed by atoms with Gasteiger partial charge in [-0.15, -0.1) is 0 Å². The summed E-state index contributed by atoms with van der Waals surface area (Å²) in [4.78, 5) is 1.85. The van der Waals surface area contributed by atoms with E-state index in [9.17, 15) is 13.2 Å². The Hall–Kier alpha value is -1.45. The Morgan fingerprint density at radius 2 is 2.00 bits per heavy atom. The summed E-state index contributed by atoms with van der Waals surface area (Å²) in [6.45, 7) is 0.524. The van der Waals surface area contributed by atoms with Crippen LogP contribution in [0.1, 0.15) is 16.7 Å². The third-order valence-electron chi connectivity index (χ3n) is 2.42. The molecule has 0 bridgehead atoms. The van der Waals surface area contributed by atoms with Gasteiger partial charge in [-0.3, -0.25) is 0 Å². The van der Waals surface area contributed by atoms with Crippen LogP contribution in [-0.2, 0) is 12.7 Å². The summed E-state index contributed by atoms with van der Waals surface area (Å²) in [5.74, 6) is 0. The van der Waals surface area contributed by atoms with E-state index in [1.165, 1.54) is 12.1 Å². The lowest BCUT2D eigenvalue weighted by molar-refractivity contribution is -0.137. The highest BCUT2D eigenvalue weighted by Gasteiger charge is 2.33. The maximum Gasteiger partial charge on any atom is 0.416 e. The Morgan fingerprint density at radius 3 is 2.67 bits per heavy atom. The Kier molecular flexibility index (Phi) is 2.21. The second kappa shape index (κ2) is 3.29. The monoisotopic (exact) mass is 213 g/mol. The molecule has 1 nitrogen and oxygen atoms in total. The van der Waals surface area contributed by atoms with Crippen molar-refractivity contribution in [1.82, 2.24) is 4.90 Å². The average molecular weight is 213 g/mol. The van der Waals surface area contributed by atoms with Crippen LogP contribution >= 0.6 is 0 Å². The summed E-state index contributed by atoms with van der Waals surface area (Å²) in [7, 11) is 1.83. The van der Waals surface area contributed by atoms with Gasteiger partial charge in [0, 0.05) is 13.6 Å². The summed E-state index contributed by atoms with van der Waals surface area (Å²) in [6.07, 6.45) is -1.09. The Morgan fingerprint density at radius 1 is 1.27 bits per heavy atom. The molecule has 15 heavy (non-hydrogen) atoms. The second-order valence-electron chi connectivity index (χ2n) is 3.61. The molecule has 1 aromatic rings. The molecule has 0 unspecified atom stereocenters. The fourth-order valence-corrected chi connectivity index (χ4v) is 1.72. The SMILES string of the molecule is CN1C=Cc2c(cccc2C(F)(F)F)C1. The molecule has 1 heterocycles. The van der Waals surface area contributed by atoms with Gasteiger partial charge < -0.3 is 4.90 Å². The Bertz CT molecular complexity index is 407. The molecule has 0 saturated heterocycles. The summed E-state index contributed by atoms with van der Waals surface area (Å²) < 4.78 is 37.9. The molecule has 0 amide bonds. The van der Waals surface area contributed by atoms with E-state index in [4.69, 9.17) is 0 Å². The molecule has 0 spiro atoms. The normalized spacial score (nSPS) is 15.3. The number of hydrogen-bond donors (Lipinski definition) is 0. The zero-order valence-electron chi connectivity index (χ0n) is 8.17. The van der Waals surface area contributed by atoms with E-state index >= 15 is 0 Å². The van der Waals surface area contributed by atoms with E-state index in [2.05, 4.69) is 0 Å². The van der Waals surface area contributed by atoms with Gasteiger partial charge >= 0.3 is 6.18 Å². The van der Waals surface area contributed by atoms with Gasteiger partial charge in [-0.05, 0) is 29.5 Å². The predicted octanol–water partition coefficient (Wildman–Crippen LogP) is 3.12. The fraction of sp³-hybridized carbons (Fsp3) is 0.273. The molecule has 2 rings (SSSR count). The van der Waals surface area contributed by atoms with Gasteiger partial charge in [-0.1, -0.05) is 12.1 Å². The van der Waals surface area contributed by atoms with Crippen LogP contribution in [0.4, 0.5) is 13.2 Å². The zero-order chi connectivity index (χ0) is 11.1. The van der Waals surface area contributed by atoms with Crippen LogP contribution in [0.5, 0.6) is 0 Å². The molecular weight excluding hydrogens is 203 g/mol. The highest BCUT2D eigenvalue weighted by atomic mass is 19.4. The van der Waals surface area contributed by atoms with Crippen LogP contribution in [0.2, 0.25) is 0 Å². The molecule has 0 aliphatic carbocycles. The van der Waals surface area contributed by atoms with Gasteiger partial charge in [-0.25, -0.2) is 0 Å². The van der Waals surface area contributed by atoms with Gasteiger partial charge in [0.25, 0.3) is 0 Å². The molecule has 4 heteroatoms. The molecule has 0 N–H and O–H groups in total. The van der Waals surface area contributed by atoms with Gasteiger partial charge in [0.1, 0.15) is 0 Å². The molecular formula is C11H10F3N. The number of benzene rings is 1. The summed E-state index contributed by atoms with van der Waals surface area (Å²) in [5, 5.41) is 0. The van der Waals surface area contributed by atoms with Crippen molar-refractivity contribution in [2.24, 2.45) is 0 Å². The average Bonchev–Trinajstić information content (AvgIpc) is 2.15. The van der Waals surface area contributed by atoms with Crippen LogP contribution in [-0.4, -0.2) is 11.9 Å². The van der Waals surface area contributed by atoms with Crippen LogP contribution in [0.15, 0.2) is 24.4 Å². The molecule has 1 aromatic carbocycles. The van der Waals surface area contributed by atoms with E-state index in [-0.39, 0.29) is 0 Å². The zero-order valence-corrected chi connectivity index (χ0v) is 8.17. The van der Waals surface area contributed by atoms with Crippen molar-refractivity contribution in [2.75, 3.05) is 7.05 Å². The number of halogens is 3. The summed E-state index contributed by atoms with van der Waals surface area (Å²) >= 11 is 0. The second-order valence-corrected chi connectivity index (χ2v) is 3.61. The highest BCUT2D eigenvalue weighted by Crippen LogP contribution is 2.35. The smallest absolute Gasteiger partial charge is 0.376 e. The molecule has 0 aromatic heterocycles. The number of alkyl halides is 3. The predicted molar refractivity (Wildman–Crippen MR) is 51.9 cm³/mol. The van der Waals surface area contributed by atoms with Gasteiger partial charge in [0.2, 0.25) is 0 Å². The first-order valence-electron chi connectivity index (χ1n) is 4.56. The lowest BCUT2D eigenvalue weighted by Crippen LogP contribution is -2.17. The standard InChI is InChI=1S/C11H10F3N/c1-15-6-5-9-8(7-15)3-2-4-10(9)11(12,13)14/h2-6H,7H2,1H3. The van der Waals surface area contributed by atoms with Crippen LogP contribution < -0.4 is 0 Å². The Labute approximate surface area is 85.8 Å². The van der Waals surface area contributed by atoms with Crippen LogP contribution in [0.25, 0.3) is 6.08 Å². The van der Waals surface area contributed by atoms with Gasteiger partial charge in [0.15, 0.2) is 0 Å². The van der Waals surface area contributed by atoms with E-state index < -0.39 is 11.7 Å².